The first-order valence-corrected chi connectivity index (χ1v) is 16.1. The standard InChI is InChI=1S/C33H47N5O4/c1-4-36-16-18-37(19-17-36)20-21-38-29(31(40)35-24-8-6-5-7-9-24)33-15-14-26(42-33)27(28(33)32(38)41)30(39)34-25-12-10-23(11-13-25)22(2)3/h10-15,22,24,26-29H,4-9,16-21H2,1-3H3,(H,34,39)(H,35,40)/t26-,27?,28-,29?,33?/m1/s1. The van der Waals surface area contributed by atoms with Crippen LogP contribution in [0.2, 0.25) is 0 Å². The molecule has 1 saturated carbocycles. The average Bonchev–Trinajstić information content (AvgIpc) is 3.64. The topological polar surface area (TPSA) is 94.2 Å². The summed E-state index contributed by atoms with van der Waals surface area (Å²) >= 11 is 0. The first-order chi connectivity index (χ1) is 20.3. The van der Waals surface area contributed by atoms with Crippen LogP contribution < -0.4 is 10.6 Å². The van der Waals surface area contributed by atoms with Crippen LogP contribution in [-0.2, 0) is 19.1 Å². The van der Waals surface area contributed by atoms with Crippen molar-refractivity contribution in [2.45, 2.75) is 82.6 Å². The number of carbonyl (C=O) groups is 3. The third-order valence-electron chi connectivity index (χ3n) is 10.3. The van der Waals surface area contributed by atoms with Crippen molar-refractivity contribution in [2.24, 2.45) is 11.8 Å². The summed E-state index contributed by atoms with van der Waals surface area (Å²) in [5.74, 6) is -1.53. The zero-order valence-electron chi connectivity index (χ0n) is 25.4. The van der Waals surface area contributed by atoms with E-state index >= 15 is 0 Å². The zero-order valence-corrected chi connectivity index (χ0v) is 25.4. The van der Waals surface area contributed by atoms with Gasteiger partial charge in [-0.3, -0.25) is 19.3 Å². The second-order valence-corrected chi connectivity index (χ2v) is 13.1. The monoisotopic (exact) mass is 577 g/mol. The summed E-state index contributed by atoms with van der Waals surface area (Å²) in [4.78, 5) is 48.6. The molecule has 42 heavy (non-hydrogen) atoms. The second-order valence-electron chi connectivity index (χ2n) is 13.1. The van der Waals surface area contributed by atoms with Crippen LogP contribution in [0.5, 0.6) is 0 Å². The highest BCUT2D eigenvalue weighted by Gasteiger charge is 2.72. The van der Waals surface area contributed by atoms with Gasteiger partial charge in [0, 0.05) is 51.0 Å². The summed E-state index contributed by atoms with van der Waals surface area (Å²) in [6.07, 6.45) is 8.61. The maximum absolute atomic E-state index is 14.3. The SMILES string of the molecule is CCN1CCN(CCN2C(=O)[C@H]3C(C(=O)Nc4ccc(C(C)C)cc4)[C@H]4C=CC3(O4)C2C(=O)NC2CCCCC2)CC1. The quantitative estimate of drug-likeness (QED) is 0.439. The molecular formula is C33H47N5O4. The van der Waals surface area contributed by atoms with Gasteiger partial charge in [-0.15, -0.1) is 0 Å². The van der Waals surface area contributed by atoms with Crippen molar-refractivity contribution in [3.05, 3.63) is 42.0 Å². The third kappa shape index (κ3) is 5.40. The van der Waals surface area contributed by atoms with Gasteiger partial charge >= 0.3 is 0 Å². The molecule has 0 aromatic heterocycles. The molecular weight excluding hydrogens is 530 g/mol. The summed E-state index contributed by atoms with van der Waals surface area (Å²) < 4.78 is 6.53. The second kappa shape index (κ2) is 12.1. The van der Waals surface area contributed by atoms with Crippen molar-refractivity contribution in [1.82, 2.24) is 20.0 Å². The molecule has 3 saturated heterocycles. The Morgan fingerprint density at radius 3 is 2.33 bits per heavy atom. The maximum Gasteiger partial charge on any atom is 0.246 e. The van der Waals surface area contributed by atoms with Crippen LogP contribution in [0.4, 0.5) is 5.69 Å². The van der Waals surface area contributed by atoms with E-state index in [1.165, 1.54) is 12.0 Å². The van der Waals surface area contributed by atoms with Gasteiger partial charge in [0.15, 0.2) is 0 Å². The van der Waals surface area contributed by atoms with Gasteiger partial charge in [0.05, 0.1) is 17.9 Å². The van der Waals surface area contributed by atoms with E-state index in [0.29, 0.717) is 24.7 Å². The number of nitrogens with zero attached hydrogens (tertiary/aromatic N) is 3. The van der Waals surface area contributed by atoms with Crippen molar-refractivity contribution < 1.29 is 19.1 Å². The van der Waals surface area contributed by atoms with Gasteiger partial charge in [0.1, 0.15) is 11.6 Å². The molecule has 1 aliphatic carbocycles. The number of fused-ring (bicyclic) bond motifs is 1. The van der Waals surface area contributed by atoms with Gasteiger partial charge in [-0.2, -0.15) is 0 Å². The zero-order chi connectivity index (χ0) is 29.4. The maximum atomic E-state index is 14.3. The van der Waals surface area contributed by atoms with E-state index in [9.17, 15) is 14.4 Å². The minimum atomic E-state index is -1.12. The largest absolute Gasteiger partial charge is 0.359 e. The average molecular weight is 578 g/mol. The Hall–Kier alpha value is -2.75. The summed E-state index contributed by atoms with van der Waals surface area (Å²) in [5.41, 5.74) is 0.776. The molecule has 0 radical (unpaired) electrons. The number of ether oxygens (including phenoxy) is 1. The molecule has 4 heterocycles. The van der Waals surface area contributed by atoms with E-state index in [0.717, 1.165) is 58.4 Å². The highest BCUT2D eigenvalue weighted by Crippen LogP contribution is 2.55. The first-order valence-electron chi connectivity index (χ1n) is 16.1. The number of rotatable bonds is 9. The highest BCUT2D eigenvalue weighted by atomic mass is 16.5. The van der Waals surface area contributed by atoms with Crippen LogP contribution in [0.1, 0.15) is 64.4 Å². The third-order valence-corrected chi connectivity index (χ3v) is 10.3. The van der Waals surface area contributed by atoms with Gasteiger partial charge in [-0.1, -0.05) is 64.3 Å². The Bertz CT molecular complexity index is 1190. The summed E-state index contributed by atoms with van der Waals surface area (Å²) in [6.45, 7) is 12.6. The lowest BCUT2D eigenvalue weighted by Crippen LogP contribution is -2.57. The lowest BCUT2D eigenvalue weighted by atomic mass is 9.74. The van der Waals surface area contributed by atoms with Crippen LogP contribution >= 0.6 is 0 Å². The van der Waals surface area contributed by atoms with E-state index < -0.39 is 29.6 Å². The molecule has 9 heteroatoms. The Kier molecular flexibility index (Phi) is 8.44. The molecule has 1 aromatic carbocycles. The van der Waals surface area contributed by atoms with Crippen LogP contribution in [0.15, 0.2) is 36.4 Å². The molecule has 228 valence electrons. The molecule has 5 atom stereocenters. The number of hydrogen-bond donors (Lipinski definition) is 2. The predicted molar refractivity (Wildman–Crippen MR) is 162 cm³/mol. The summed E-state index contributed by atoms with van der Waals surface area (Å²) in [6, 6.07) is 7.21. The molecule has 5 aliphatic rings. The van der Waals surface area contributed by atoms with E-state index in [-0.39, 0.29) is 23.8 Å². The Morgan fingerprint density at radius 1 is 0.976 bits per heavy atom. The molecule has 2 bridgehead atoms. The van der Waals surface area contributed by atoms with Crippen molar-refractivity contribution in [3.63, 3.8) is 0 Å². The Labute approximate surface area is 250 Å². The predicted octanol–water partition coefficient (Wildman–Crippen LogP) is 2.99. The van der Waals surface area contributed by atoms with Gasteiger partial charge in [-0.05, 0) is 43.0 Å². The number of anilines is 1. The number of carbonyl (C=O) groups excluding carboxylic acids is 3. The number of piperazine rings is 1. The number of hydrogen-bond acceptors (Lipinski definition) is 6. The van der Waals surface area contributed by atoms with Crippen molar-refractivity contribution in [2.75, 3.05) is 51.1 Å². The first kappa shape index (κ1) is 29.3. The van der Waals surface area contributed by atoms with Gasteiger partial charge < -0.3 is 25.2 Å². The lowest BCUT2D eigenvalue weighted by Gasteiger charge is -2.37. The van der Waals surface area contributed by atoms with Crippen molar-refractivity contribution in [1.29, 1.82) is 0 Å². The lowest BCUT2D eigenvalue weighted by molar-refractivity contribution is -0.141. The molecule has 3 unspecified atom stereocenters. The van der Waals surface area contributed by atoms with E-state index in [4.69, 9.17) is 4.74 Å². The smallest absolute Gasteiger partial charge is 0.246 e. The minimum absolute atomic E-state index is 0.122. The van der Waals surface area contributed by atoms with Crippen LogP contribution in [0, 0.1) is 11.8 Å². The molecule has 4 fully saturated rings. The number of benzene rings is 1. The van der Waals surface area contributed by atoms with E-state index in [1.54, 1.807) is 4.90 Å². The van der Waals surface area contributed by atoms with E-state index in [2.05, 4.69) is 41.2 Å². The molecule has 3 amide bonds. The Morgan fingerprint density at radius 2 is 1.67 bits per heavy atom. The number of nitrogens with one attached hydrogen (secondary N) is 2. The molecule has 2 N–H and O–H groups in total. The number of likely N-dealkylation sites (tertiary alicyclic amines) is 1. The fourth-order valence-corrected chi connectivity index (χ4v) is 7.79. The van der Waals surface area contributed by atoms with Crippen LogP contribution in [0.3, 0.4) is 0 Å². The Balaban J connectivity index is 1.23. The van der Waals surface area contributed by atoms with Crippen molar-refractivity contribution in [3.8, 4) is 0 Å². The molecule has 6 rings (SSSR count). The van der Waals surface area contributed by atoms with Gasteiger partial charge in [-0.25, -0.2) is 0 Å². The summed E-state index contributed by atoms with van der Waals surface area (Å²) in [5, 5.41) is 6.33. The fourth-order valence-electron chi connectivity index (χ4n) is 7.79. The highest BCUT2D eigenvalue weighted by molar-refractivity contribution is 6.02. The minimum Gasteiger partial charge on any atom is -0.359 e. The summed E-state index contributed by atoms with van der Waals surface area (Å²) in [7, 11) is 0. The van der Waals surface area contributed by atoms with Gasteiger partial charge in [0.2, 0.25) is 17.7 Å². The van der Waals surface area contributed by atoms with E-state index in [1.807, 2.05) is 36.4 Å². The van der Waals surface area contributed by atoms with Crippen LogP contribution in [-0.4, -0.2) is 102 Å². The van der Waals surface area contributed by atoms with Gasteiger partial charge in [0.25, 0.3) is 0 Å². The fraction of sp³-hybridized carbons (Fsp3) is 0.667. The molecule has 1 spiro atoms. The number of amides is 3. The van der Waals surface area contributed by atoms with Crippen molar-refractivity contribution >= 4 is 23.4 Å². The molecule has 1 aromatic rings. The normalized spacial score (nSPS) is 31.6. The molecule has 4 aliphatic heterocycles. The number of likely N-dealkylation sites (N-methyl/N-ethyl adjacent to an activating group) is 1. The molecule has 9 nitrogen and oxygen atoms in total. The van der Waals surface area contributed by atoms with Crippen LogP contribution in [0.25, 0.3) is 0 Å².